The third-order valence-corrected chi connectivity index (χ3v) is 4.99. The standard InChI is InChI=1S/C26H27N3O3/c1-18-12-13-19(2)24(15-18)29-26(32)28-22-9-5-7-20(16-22)23(10-3-4-11-25(30)31)21-8-6-14-27-17-21/h5-10,12-17H,3-4,11H2,1-2H3,(H,30,31)(H2,28,29,32). The molecular formula is C26H27N3O3. The molecule has 6 nitrogen and oxygen atoms in total. The minimum Gasteiger partial charge on any atom is -0.481 e. The second-order valence-corrected chi connectivity index (χ2v) is 7.62. The van der Waals surface area contributed by atoms with Gasteiger partial charge >= 0.3 is 12.0 Å². The Labute approximate surface area is 188 Å². The number of aliphatic carboxylic acids is 1. The van der Waals surface area contributed by atoms with Crippen LogP contribution in [0.1, 0.15) is 41.5 Å². The van der Waals surface area contributed by atoms with Gasteiger partial charge in [-0.15, -0.1) is 0 Å². The van der Waals surface area contributed by atoms with Crippen LogP contribution in [0.25, 0.3) is 5.57 Å². The number of rotatable bonds is 8. The van der Waals surface area contributed by atoms with E-state index in [-0.39, 0.29) is 12.5 Å². The molecule has 2 amide bonds. The first kappa shape index (κ1) is 22.7. The topological polar surface area (TPSA) is 91.3 Å². The van der Waals surface area contributed by atoms with Gasteiger partial charge in [-0.1, -0.05) is 36.4 Å². The van der Waals surface area contributed by atoms with Gasteiger partial charge in [-0.3, -0.25) is 9.78 Å². The Hall–Kier alpha value is -3.93. The summed E-state index contributed by atoms with van der Waals surface area (Å²) in [4.78, 5) is 27.6. The van der Waals surface area contributed by atoms with Crippen LogP contribution in [0.3, 0.4) is 0 Å². The van der Waals surface area contributed by atoms with Crippen molar-refractivity contribution in [2.75, 3.05) is 10.6 Å². The minimum atomic E-state index is -0.803. The van der Waals surface area contributed by atoms with Crippen molar-refractivity contribution >= 4 is 28.9 Å². The highest BCUT2D eigenvalue weighted by atomic mass is 16.4. The number of aryl methyl sites for hydroxylation is 2. The van der Waals surface area contributed by atoms with Gasteiger partial charge in [0.25, 0.3) is 0 Å². The SMILES string of the molecule is Cc1ccc(C)c(NC(=O)Nc2cccc(C(=CCCCC(=O)O)c3cccnc3)c2)c1. The van der Waals surface area contributed by atoms with E-state index in [2.05, 4.69) is 15.6 Å². The second-order valence-electron chi connectivity index (χ2n) is 7.62. The summed E-state index contributed by atoms with van der Waals surface area (Å²) in [5.74, 6) is -0.803. The number of aromatic nitrogens is 1. The number of pyridine rings is 1. The molecule has 0 aliphatic rings. The lowest BCUT2D eigenvalue weighted by molar-refractivity contribution is -0.137. The van der Waals surface area contributed by atoms with Crippen molar-refractivity contribution in [3.8, 4) is 0 Å². The number of urea groups is 1. The van der Waals surface area contributed by atoms with Gasteiger partial charge in [0.1, 0.15) is 0 Å². The van der Waals surface area contributed by atoms with E-state index in [0.717, 1.165) is 33.5 Å². The van der Waals surface area contributed by atoms with Crippen molar-refractivity contribution in [1.29, 1.82) is 0 Å². The van der Waals surface area contributed by atoms with Crippen LogP contribution in [-0.4, -0.2) is 22.1 Å². The molecule has 0 bridgehead atoms. The van der Waals surface area contributed by atoms with Crippen molar-refractivity contribution in [2.24, 2.45) is 0 Å². The third kappa shape index (κ3) is 6.54. The lowest BCUT2D eigenvalue weighted by Gasteiger charge is -2.13. The van der Waals surface area contributed by atoms with Gasteiger partial charge < -0.3 is 15.7 Å². The number of nitrogens with one attached hydrogen (secondary N) is 2. The lowest BCUT2D eigenvalue weighted by Crippen LogP contribution is -2.20. The highest BCUT2D eigenvalue weighted by Crippen LogP contribution is 2.26. The Morgan fingerprint density at radius 2 is 1.81 bits per heavy atom. The molecule has 6 heteroatoms. The lowest BCUT2D eigenvalue weighted by atomic mass is 9.97. The van der Waals surface area contributed by atoms with Gasteiger partial charge in [0.15, 0.2) is 0 Å². The maximum absolute atomic E-state index is 12.6. The molecule has 1 heterocycles. The highest BCUT2D eigenvalue weighted by molar-refractivity contribution is 6.00. The van der Waals surface area contributed by atoms with Gasteiger partial charge in [0.05, 0.1) is 0 Å². The first-order valence-corrected chi connectivity index (χ1v) is 10.5. The number of carboxylic acid groups (broad SMARTS) is 1. The molecule has 3 N–H and O–H groups in total. The predicted molar refractivity (Wildman–Crippen MR) is 128 cm³/mol. The first-order chi connectivity index (χ1) is 15.4. The van der Waals surface area contributed by atoms with E-state index < -0.39 is 5.97 Å². The highest BCUT2D eigenvalue weighted by Gasteiger charge is 2.09. The molecule has 0 radical (unpaired) electrons. The normalized spacial score (nSPS) is 11.1. The summed E-state index contributed by atoms with van der Waals surface area (Å²) in [6, 6.07) is 17.0. The monoisotopic (exact) mass is 429 g/mol. The van der Waals surface area contributed by atoms with Crippen LogP contribution >= 0.6 is 0 Å². The Balaban J connectivity index is 1.79. The number of hydrogen-bond donors (Lipinski definition) is 3. The van der Waals surface area contributed by atoms with Crippen molar-refractivity contribution in [1.82, 2.24) is 4.98 Å². The number of unbranched alkanes of at least 4 members (excludes halogenated alkanes) is 1. The maximum atomic E-state index is 12.6. The van der Waals surface area contributed by atoms with Crippen LogP contribution in [0, 0.1) is 13.8 Å². The zero-order valence-electron chi connectivity index (χ0n) is 18.3. The summed E-state index contributed by atoms with van der Waals surface area (Å²) < 4.78 is 0. The average molecular weight is 430 g/mol. The van der Waals surface area contributed by atoms with Crippen LogP contribution in [0.15, 0.2) is 73.1 Å². The molecule has 1 aromatic heterocycles. The van der Waals surface area contributed by atoms with E-state index in [1.807, 2.05) is 74.5 Å². The van der Waals surface area contributed by atoms with E-state index in [0.29, 0.717) is 18.5 Å². The summed E-state index contributed by atoms with van der Waals surface area (Å²) in [5, 5.41) is 14.7. The van der Waals surface area contributed by atoms with E-state index in [4.69, 9.17) is 5.11 Å². The molecule has 0 spiro atoms. The number of carbonyl (C=O) groups is 2. The Morgan fingerprint density at radius 1 is 1.00 bits per heavy atom. The molecule has 2 aromatic carbocycles. The number of nitrogens with zero attached hydrogens (tertiary/aromatic N) is 1. The molecule has 164 valence electrons. The number of benzene rings is 2. The van der Waals surface area contributed by atoms with E-state index in [1.165, 1.54) is 0 Å². The fourth-order valence-corrected chi connectivity index (χ4v) is 3.34. The zero-order chi connectivity index (χ0) is 22.9. The van der Waals surface area contributed by atoms with Crippen molar-refractivity contribution < 1.29 is 14.7 Å². The average Bonchev–Trinajstić information content (AvgIpc) is 2.77. The van der Waals surface area contributed by atoms with Gasteiger partial charge in [-0.05, 0) is 73.2 Å². The van der Waals surface area contributed by atoms with Crippen LogP contribution in [0.2, 0.25) is 0 Å². The van der Waals surface area contributed by atoms with Crippen molar-refractivity contribution in [3.63, 3.8) is 0 Å². The Morgan fingerprint density at radius 3 is 2.56 bits per heavy atom. The summed E-state index contributed by atoms with van der Waals surface area (Å²) in [6.45, 7) is 3.93. The summed E-state index contributed by atoms with van der Waals surface area (Å²) in [7, 11) is 0. The predicted octanol–water partition coefficient (Wildman–Crippen LogP) is 6.03. The van der Waals surface area contributed by atoms with Gasteiger partial charge in [0.2, 0.25) is 0 Å². The molecule has 0 saturated carbocycles. The van der Waals surface area contributed by atoms with E-state index >= 15 is 0 Å². The van der Waals surface area contributed by atoms with Gasteiger partial charge in [-0.25, -0.2) is 4.79 Å². The molecule has 3 rings (SSSR count). The minimum absolute atomic E-state index is 0.122. The molecule has 0 aliphatic heterocycles. The van der Waals surface area contributed by atoms with Crippen molar-refractivity contribution in [2.45, 2.75) is 33.1 Å². The number of carboxylic acids is 1. The zero-order valence-corrected chi connectivity index (χ0v) is 18.3. The van der Waals surface area contributed by atoms with Gasteiger partial charge in [0, 0.05) is 35.8 Å². The van der Waals surface area contributed by atoms with Crippen LogP contribution in [0.4, 0.5) is 16.2 Å². The fourth-order valence-electron chi connectivity index (χ4n) is 3.34. The van der Waals surface area contributed by atoms with E-state index in [9.17, 15) is 9.59 Å². The van der Waals surface area contributed by atoms with Crippen LogP contribution < -0.4 is 10.6 Å². The Bertz CT molecular complexity index is 1120. The summed E-state index contributed by atoms with van der Waals surface area (Å²) in [5.41, 5.74) is 6.28. The second kappa shape index (κ2) is 10.9. The largest absolute Gasteiger partial charge is 0.481 e. The molecule has 32 heavy (non-hydrogen) atoms. The first-order valence-electron chi connectivity index (χ1n) is 10.5. The number of amides is 2. The molecular weight excluding hydrogens is 402 g/mol. The quantitative estimate of drug-likeness (QED) is 0.381. The van der Waals surface area contributed by atoms with E-state index in [1.54, 1.807) is 12.4 Å². The van der Waals surface area contributed by atoms with Crippen LogP contribution in [0.5, 0.6) is 0 Å². The fraction of sp³-hybridized carbons (Fsp3) is 0.192. The van der Waals surface area contributed by atoms with Crippen molar-refractivity contribution in [3.05, 3.63) is 95.3 Å². The third-order valence-electron chi connectivity index (χ3n) is 4.99. The molecule has 0 aliphatic carbocycles. The molecule has 0 fully saturated rings. The summed E-state index contributed by atoms with van der Waals surface area (Å²) >= 11 is 0. The van der Waals surface area contributed by atoms with Crippen LogP contribution in [-0.2, 0) is 4.79 Å². The number of allylic oxidation sites excluding steroid dienone is 1. The number of carbonyl (C=O) groups excluding carboxylic acids is 1. The summed E-state index contributed by atoms with van der Waals surface area (Å²) in [6.07, 6.45) is 6.81. The number of hydrogen-bond acceptors (Lipinski definition) is 3. The molecule has 0 atom stereocenters. The Kier molecular flexibility index (Phi) is 7.75. The number of anilines is 2. The molecule has 0 unspecified atom stereocenters. The molecule has 0 saturated heterocycles. The smallest absolute Gasteiger partial charge is 0.323 e. The van der Waals surface area contributed by atoms with Gasteiger partial charge in [-0.2, -0.15) is 0 Å². The maximum Gasteiger partial charge on any atom is 0.323 e. The molecule has 3 aromatic rings.